The molecule has 0 bridgehead atoms. The van der Waals surface area contributed by atoms with Crippen molar-refractivity contribution in [2.45, 2.75) is 26.8 Å². The number of thiazole rings is 1. The van der Waals surface area contributed by atoms with Crippen molar-refractivity contribution >= 4 is 39.9 Å². The van der Waals surface area contributed by atoms with Gasteiger partial charge in [-0.2, -0.15) is 0 Å². The second-order valence-electron chi connectivity index (χ2n) is 8.94. The van der Waals surface area contributed by atoms with E-state index in [2.05, 4.69) is 4.98 Å². The Bertz CT molecular complexity index is 1530. The summed E-state index contributed by atoms with van der Waals surface area (Å²) in [5, 5.41) is 11.7. The minimum atomic E-state index is -1.16. The number of Topliss-reactive ketones (excluding diaryl/α,β-unsaturated/α-hetero) is 1. The molecule has 12 heteroatoms. The van der Waals surface area contributed by atoms with E-state index in [4.69, 9.17) is 23.7 Å². The smallest absolute Gasteiger partial charge is 0.350 e. The number of hydrogen-bond donors (Lipinski definition) is 1. The van der Waals surface area contributed by atoms with Crippen molar-refractivity contribution in [2.24, 2.45) is 0 Å². The molecule has 11 nitrogen and oxygen atoms in total. The molecule has 0 aliphatic carbocycles. The van der Waals surface area contributed by atoms with E-state index in [1.807, 2.05) is 0 Å². The summed E-state index contributed by atoms with van der Waals surface area (Å²) < 4.78 is 26.9. The molecule has 3 aromatic rings. The van der Waals surface area contributed by atoms with Crippen LogP contribution in [0.4, 0.5) is 5.13 Å². The highest BCUT2D eigenvalue weighted by molar-refractivity contribution is 7.17. The summed E-state index contributed by atoms with van der Waals surface area (Å²) in [6.07, 6.45) is 0. The van der Waals surface area contributed by atoms with Crippen LogP contribution in [0.1, 0.15) is 45.0 Å². The van der Waals surface area contributed by atoms with E-state index < -0.39 is 23.7 Å². The third-order valence-electron chi connectivity index (χ3n) is 6.59. The molecule has 4 rings (SSSR count). The molecule has 1 aliphatic rings. The Kier molecular flexibility index (Phi) is 8.52. The Hall–Kier alpha value is -4.58. The van der Waals surface area contributed by atoms with Gasteiger partial charge in [-0.3, -0.25) is 14.5 Å². The fourth-order valence-electron chi connectivity index (χ4n) is 4.65. The fourth-order valence-corrected chi connectivity index (χ4v) is 5.64. The molecular formula is C29H30N2O9S. The standard InChI is InChI=1S/C29H30N2O9S/c1-8-40-28(35)26-15(3)30-29(41-26)31-22(16-12-19(37-5)25(39-7)20(13-16)38-6)21(24(33)27(31)34)23(32)18-10-9-17(36-4)11-14(18)2/h9-13,22,32H,8H2,1-7H3/b23-21+. The van der Waals surface area contributed by atoms with Gasteiger partial charge in [-0.1, -0.05) is 11.3 Å². The molecule has 1 unspecified atom stereocenters. The molecule has 0 saturated carbocycles. The minimum absolute atomic E-state index is 0.0805. The van der Waals surface area contributed by atoms with Gasteiger partial charge in [0.25, 0.3) is 5.78 Å². The molecule has 0 spiro atoms. The Balaban J connectivity index is 2.01. The topological polar surface area (TPSA) is 134 Å². The first-order valence-electron chi connectivity index (χ1n) is 12.5. The lowest BCUT2D eigenvalue weighted by molar-refractivity contribution is -0.132. The van der Waals surface area contributed by atoms with Crippen LogP contribution in [0.5, 0.6) is 23.0 Å². The van der Waals surface area contributed by atoms with E-state index in [1.165, 1.54) is 28.4 Å². The summed E-state index contributed by atoms with van der Waals surface area (Å²) in [7, 11) is 5.85. The molecule has 1 aliphatic heterocycles. The van der Waals surface area contributed by atoms with E-state index in [0.29, 0.717) is 33.9 Å². The zero-order chi connectivity index (χ0) is 30.0. The van der Waals surface area contributed by atoms with Crippen LogP contribution >= 0.6 is 11.3 Å². The molecule has 1 saturated heterocycles. The van der Waals surface area contributed by atoms with Crippen LogP contribution in [0.25, 0.3) is 5.76 Å². The number of aliphatic hydroxyl groups excluding tert-OH is 1. The van der Waals surface area contributed by atoms with Gasteiger partial charge >= 0.3 is 11.9 Å². The number of benzene rings is 2. The second-order valence-corrected chi connectivity index (χ2v) is 9.92. The van der Waals surface area contributed by atoms with E-state index in [-0.39, 0.29) is 39.4 Å². The summed E-state index contributed by atoms with van der Waals surface area (Å²) in [6, 6.07) is 6.97. The average Bonchev–Trinajstić information content (AvgIpc) is 3.47. The van der Waals surface area contributed by atoms with E-state index in [0.717, 1.165) is 16.2 Å². The van der Waals surface area contributed by atoms with Crippen LogP contribution in [0, 0.1) is 13.8 Å². The highest BCUT2D eigenvalue weighted by atomic mass is 32.1. The van der Waals surface area contributed by atoms with Crippen molar-refractivity contribution in [1.82, 2.24) is 4.98 Å². The predicted molar refractivity (Wildman–Crippen MR) is 151 cm³/mol. The summed E-state index contributed by atoms with van der Waals surface area (Å²) >= 11 is 0.914. The Morgan fingerprint density at radius 3 is 2.20 bits per heavy atom. The number of ketones is 1. The number of aromatic nitrogens is 1. The summed E-state index contributed by atoms with van der Waals surface area (Å²) in [6.45, 7) is 5.19. The van der Waals surface area contributed by atoms with Crippen LogP contribution < -0.4 is 23.8 Å². The van der Waals surface area contributed by atoms with Gasteiger partial charge in [0.15, 0.2) is 16.6 Å². The summed E-state index contributed by atoms with van der Waals surface area (Å²) in [5.74, 6) is -1.43. The summed E-state index contributed by atoms with van der Waals surface area (Å²) in [5.41, 5.74) is 1.48. The molecule has 0 radical (unpaired) electrons. The molecule has 2 aromatic carbocycles. The zero-order valence-corrected chi connectivity index (χ0v) is 24.5. The van der Waals surface area contributed by atoms with Gasteiger partial charge in [-0.15, -0.1) is 0 Å². The van der Waals surface area contributed by atoms with Crippen molar-refractivity contribution in [3.63, 3.8) is 0 Å². The molecule has 1 aromatic heterocycles. The van der Waals surface area contributed by atoms with Crippen molar-refractivity contribution in [3.8, 4) is 23.0 Å². The number of aryl methyl sites for hydroxylation is 2. The van der Waals surface area contributed by atoms with Gasteiger partial charge < -0.3 is 28.8 Å². The predicted octanol–water partition coefficient (Wildman–Crippen LogP) is 4.60. The first-order chi connectivity index (χ1) is 19.6. The molecule has 1 amide bonds. The first-order valence-corrected chi connectivity index (χ1v) is 13.3. The maximum Gasteiger partial charge on any atom is 0.350 e. The number of carbonyl (C=O) groups excluding carboxylic acids is 3. The van der Waals surface area contributed by atoms with E-state index >= 15 is 0 Å². The Morgan fingerprint density at radius 1 is 1.00 bits per heavy atom. The molecular weight excluding hydrogens is 552 g/mol. The largest absolute Gasteiger partial charge is 0.507 e. The quantitative estimate of drug-likeness (QED) is 0.165. The molecule has 1 fully saturated rings. The lowest BCUT2D eigenvalue weighted by Gasteiger charge is -2.24. The van der Waals surface area contributed by atoms with Crippen LogP contribution in [-0.4, -0.2) is 62.8 Å². The van der Waals surface area contributed by atoms with Gasteiger partial charge in [-0.05, 0) is 62.2 Å². The van der Waals surface area contributed by atoms with Gasteiger partial charge in [0.05, 0.1) is 52.4 Å². The minimum Gasteiger partial charge on any atom is -0.507 e. The Morgan fingerprint density at radius 2 is 1.66 bits per heavy atom. The number of rotatable bonds is 9. The third kappa shape index (κ3) is 5.18. The molecule has 216 valence electrons. The number of methoxy groups -OCH3 is 4. The highest BCUT2D eigenvalue weighted by Gasteiger charge is 2.49. The normalized spacial score (nSPS) is 16.1. The maximum absolute atomic E-state index is 13.6. The average molecular weight is 583 g/mol. The maximum atomic E-state index is 13.6. The number of anilines is 1. The number of esters is 1. The SMILES string of the molecule is CCOC(=O)c1sc(N2C(=O)C(=O)/C(=C(/O)c3ccc(OC)cc3C)C2c2cc(OC)c(OC)c(OC)c2)nc1C. The lowest BCUT2D eigenvalue weighted by atomic mass is 9.93. The van der Waals surface area contributed by atoms with E-state index in [9.17, 15) is 19.5 Å². The van der Waals surface area contributed by atoms with Gasteiger partial charge in [0, 0.05) is 5.56 Å². The first kappa shape index (κ1) is 29.4. The van der Waals surface area contributed by atoms with Crippen LogP contribution in [-0.2, 0) is 14.3 Å². The second kappa shape index (κ2) is 11.9. The monoisotopic (exact) mass is 582 g/mol. The van der Waals surface area contributed by atoms with Gasteiger partial charge in [-0.25, -0.2) is 9.78 Å². The Labute approximate surface area is 240 Å². The van der Waals surface area contributed by atoms with Crippen LogP contribution in [0.15, 0.2) is 35.9 Å². The third-order valence-corrected chi connectivity index (χ3v) is 7.72. The van der Waals surface area contributed by atoms with Crippen molar-refractivity contribution in [3.05, 3.63) is 63.2 Å². The number of hydrogen-bond acceptors (Lipinski definition) is 11. The van der Waals surface area contributed by atoms with Gasteiger partial charge in [0.1, 0.15) is 16.4 Å². The number of amides is 1. The van der Waals surface area contributed by atoms with Crippen LogP contribution in [0.2, 0.25) is 0 Å². The summed E-state index contributed by atoms with van der Waals surface area (Å²) in [4.78, 5) is 45.6. The highest BCUT2D eigenvalue weighted by Crippen LogP contribution is 2.48. The molecule has 1 atom stereocenters. The zero-order valence-electron chi connectivity index (χ0n) is 23.7. The number of ether oxygens (including phenoxy) is 5. The van der Waals surface area contributed by atoms with E-state index in [1.54, 1.807) is 51.1 Å². The molecule has 2 heterocycles. The molecule has 41 heavy (non-hydrogen) atoms. The van der Waals surface area contributed by atoms with Crippen LogP contribution in [0.3, 0.4) is 0 Å². The van der Waals surface area contributed by atoms with Gasteiger partial charge in [0.2, 0.25) is 5.75 Å². The number of aliphatic hydroxyl groups is 1. The number of carbonyl (C=O) groups is 3. The molecule has 1 N–H and O–H groups in total. The van der Waals surface area contributed by atoms with Crippen molar-refractivity contribution in [1.29, 1.82) is 0 Å². The lowest BCUT2D eigenvalue weighted by Crippen LogP contribution is -2.29. The fraction of sp³-hybridized carbons (Fsp3) is 0.310. The number of nitrogens with zero attached hydrogens (tertiary/aromatic N) is 2. The van der Waals surface area contributed by atoms with Crippen molar-refractivity contribution < 1.29 is 43.2 Å². The van der Waals surface area contributed by atoms with Crippen molar-refractivity contribution in [2.75, 3.05) is 39.9 Å².